The van der Waals surface area contributed by atoms with Gasteiger partial charge in [-0.05, 0) is 44.4 Å². The fourth-order valence-corrected chi connectivity index (χ4v) is 2.29. The number of rotatable bonds is 3. The highest BCUT2D eigenvalue weighted by Gasteiger charge is 2.19. The van der Waals surface area contributed by atoms with Gasteiger partial charge in [0.05, 0.1) is 0 Å². The smallest absolute Gasteiger partial charge is 0.126 e. The molecule has 1 aromatic rings. The Hall–Kier alpha value is -0.890. The van der Waals surface area contributed by atoms with Crippen molar-refractivity contribution in [1.29, 1.82) is 0 Å². The summed E-state index contributed by atoms with van der Waals surface area (Å²) >= 11 is 0. The molecular weight excluding hydrogens is 189 g/mol. The van der Waals surface area contributed by atoms with E-state index in [-0.39, 0.29) is 5.82 Å². The fourth-order valence-electron chi connectivity index (χ4n) is 2.29. The van der Waals surface area contributed by atoms with Crippen LogP contribution in [0.5, 0.6) is 0 Å². The zero-order valence-corrected chi connectivity index (χ0v) is 9.25. The summed E-state index contributed by atoms with van der Waals surface area (Å²) in [6.45, 7) is 4.42. The lowest BCUT2D eigenvalue weighted by Crippen LogP contribution is -2.29. The van der Waals surface area contributed by atoms with Crippen molar-refractivity contribution in [2.45, 2.75) is 32.2 Å². The highest BCUT2D eigenvalue weighted by atomic mass is 19.1. The highest BCUT2D eigenvalue weighted by molar-refractivity contribution is 5.17. The van der Waals surface area contributed by atoms with Crippen molar-refractivity contribution in [1.82, 2.24) is 4.90 Å². The summed E-state index contributed by atoms with van der Waals surface area (Å²) in [4.78, 5) is 2.45. The molecule has 2 rings (SSSR count). The van der Waals surface area contributed by atoms with Crippen LogP contribution in [0, 0.1) is 5.82 Å². The zero-order valence-electron chi connectivity index (χ0n) is 9.25. The zero-order chi connectivity index (χ0) is 10.7. The molecule has 2 heteroatoms. The summed E-state index contributed by atoms with van der Waals surface area (Å²) in [5.41, 5.74) is 0.844. The molecule has 0 radical (unpaired) electrons. The van der Waals surface area contributed by atoms with Crippen LogP contribution in [0.25, 0.3) is 0 Å². The van der Waals surface area contributed by atoms with Crippen molar-refractivity contribution in [2.24, 2.45) is 0 Å². The molecule has 1 nitrogen and oxygen atoms in total. The van der Waals surface area contributed by atoms with Gasteiger partial charge < -0.3 is 4.90 Å². The molecule has 1 atom stereocenters. The summed E-state index contributed by atoms with van der Waals surface area (Å²) in [6, 6.07) is 7.76. The average Bonchev–Trinajstić information content (AvgIpc) is 2.63. The van der Waals surface area contributed by atoms with Gasteiger partial charge >= 0.3 is 0 Å². The molecule has 1 saturated heterocycles. The third-order valence-electron chi connectivity index (χ3n) is 3.32. The second-order valence-corrected chi connectivity index (χ2v) is 4.37. The van der Waals surface area contributed by atoms with E-state index >= 15 is 0 Å². The first-order valence-corrected chi connectivity index (χ1v) is 5.75. The normalized spacial score (nSPS) is 22.1. The van der Waals surface area contributed by atoms with Crippen LogP contribution in [-0.4, -0.2) is 24.0 Å². The van der Waals surface area contributed by atoms with Gasteiger partial charge in [0.25, 0.3) is 0 Å². The molecule has 0 spiro atoms. The second-order valence-electron chi connectivity index (χ2n) is 4.37. The lowest BCUT2D eigenvalue weighted by atomic mass is 10.1. The topological polar surface area (TPSA) is 3.24 Å². The highest BCUT2D eigenvalue weighted by Crippen LogP contribution is 2.17. The minimum absolute atomic E-state index is 0.0654. The Morgan fingerprint density at radius 1 is 1.40 bits per heavy atom. The first-order valence-electron chi connectivity index (χ1n) is 5.75. The minimum Gasteiger partial charge on any atom is -0.300 e. The molecule has 1 aliphatic heterocycles. The van der Waals surface area contributed by atoms with Gasteiger partial charge in [0, 0.05) is 12.6 Å². The standard InChI is InChI=1S/C13H18FN/c1-11-5-4-9-15(11)10-8-12-6-2-3-7-13(12)14/h2-3,6-7,11H,4-5,8-10H2,1H3/t11-/m1/s1. The van der Waals surface area contributed by atoms with Crippen molar-refractivity contribution < 1.29 is 4.39 Å². The van der Waals surface area contributed by atoms with E-state index in [1.54, 1.807) is 12.1 Å². The van der Waals surface area contributed by atoms with Gasteiger partial charge in [-0.25, -0.2) is 4.39 Å². The third-order valence-corrected chi connectivity index (χ3v) is 3.32. The van der Waals surface area contributed by atoms with Crippen molar-refractivity contribution in [3.63, 3.8) is 0 Å². The number of hydrogen-bond acceptors (Lipinski definition) is 1. The first kappa shape index (κ1) is 10.6. The second kappa shape index (κ2) is 4.75. The van der Waals surface area contributed by atoms with Gasteiger partial charge in [0.15, 0.2) is 0 Å². The van der Waals surface area contributed by atoms with Crippen LogP contribution in [0.2, 0.25) is 0 Å². The third kappa shape index (κ3) is 2.57. The summed E-state index contributed by atoms with van der Waals surface area (Å²) in [6.07, 6.45) is 3.41. The summed E-state index contributed by atoms with van der Waals surface area (Å²) < 4.78 is 13.3. The Balaban J connectivity index is 1.90. The predicted molar refractivity (Wildman–Crippen MR) is 60.4 cm³/mol. The number of hydrogen-bond donors (Lipinski definition) is 0. The quantitative estimate of drug-likeness (QED) is 0.736. The Labute approximate surface area is 90.9 Å². The maximum Gasteiger partial charge on any atom is 0.126 e. The molecule has 0 saturated carbocycles. The first-order chi connectivity index (χ1) is 7.27. The molecule has 0 unspecified atom stereocenters. The lowest BCUT2D eigenvalue weighted by molar-refractivity contribution is 0.271. The Bertz CT molecular complexity index is 324. The number of nitrogens with zero attached hydrogens (tertiary/aromatic N) is 1. The van der Waals surface area contributed by atoms with E-state index in [0.717, 1.165) is 18.5 Å². The Morgan fingerprint density at radius 2 is 2.20 bits per heavy atom. The van der Waals surface area contributed by atoms with Crippen molar-refractivity contribution >= 4 is 0 Å². The molecule has 0 amide bonds. The van der Waals surface area contributed by atoms with Gasteiger partial charge in [0.2, 0.25) is 0 Å². The number of benzene rings is 1. The summed E-state index contributed by atoms with van der Waals surface area (Å²) in [7, 11) is 0. The van der Waals surface area contributed by atoms with Gasteiger partial charge in [-0.1, -0.05) is 18.2 Å². The largest absolute Gasteiger partial charge is 0.300 e. The van der Waals surface area contributed by atoms with E-state index in [0.29, 0.717) is 6.04 Å². The maximum atomic E-state index is 13.3. The molecule has 0 bridgehead atoms. The molecule has 1 aliphatic rings. The van der Waals surface area contributed by atoms with Crippen molar-refractivity contribution in [3.05, 3.63) is 35.6 Å². The number of likely N-dealkylation sites (tertiary alicyclic amines) is 1. The molecule has 82 valence electrons. The maximum absolute atomic E-state index is 13.3. The van der Waals surface area contributed by atoms with Crippen LogP contribution in [0.3, 0.4) is 0 Å². The van der Waals surface area contributed by atoms with E-state index in [1.807, 2.05) is 12.1 Å². The number of halogens is 1. The summed E-state index contributed by atoms with van der Waals surface area (Å²) in [5.74, 6) is -0.0654. The van der Waals surface area contributed by atoms with Crippen LogP contribution in [0.4, 0.5) is 4.39 Å². The summed E-state index contributed by atoms with van der Waals surface area (Å²) in [5, 5.41) is 0. The van der Waals surface area contributed by atoms with Gasteiger partial charge in [-0.2, -0.15) is 0 Å². The molecule has 1 heterocycles. The van der Waals surface area contributed by atoms with Crippen molar-refractivity contribution in [2.75, 3.05) is 13.1 Å². The van der Waals surface area contributed by atoms with E-state index in [9.17, 15) is 4.39 Å². The van der Waals surface area contributed by atoms with Crippen LogP contribution in [-0.2, 0) is 6.42 Å². The van der Waals surface area contributed by atoms with Gasteiger partial charge in [-0.3, -0.25) is 0 Å². The average molecular weight is 207 g/mol. The lowest BCUT2D eigenvalue weighted by Gasteiger charge is -2.20. The fraction of sp³-hybridized carbons (Fsp3) is 0.538. The molecule has 15 heavy (non-hydrogen) atoms. The van der Waals surface area contributed by atoms with E-state index in [4.69, 9.17) is 0 Å². The molecule has 1 aromatic carbocycles. The van der Waals surface area contributed by atoms with Crippen molar-refractivity contribution in [3.8, 4) is 0 Å². The molecule has 0 N–H and O–H groups in total. The predicted octanol–water partition coefficient (Wildman–Crippen LogP) is 2.85. The van der Waals surface area contributed by atoms with E-state index < -0.39 is 0 Å². The molecule has 1 fully saturated rings. The molecule has 0 aromatic heterocycles. The molecular formula is C13H18FN. The van der Waals surface area contributed by atoms with Gasteiger partial charge in [0.1, 0.15) is 5.82 Å². The van der Waals surface area contributed by atoms with E-state index in [2.05, 4.69) is 11.8 Å². The van der Waals surface area contributed by atoms with Crippen LogP contribution in [0.15, 0.2) is 24.3 Å². The SMILES string of the molecule is C[C@@H]1CCCN1CCc1ccccc1F. The Kier molecular flexibility index (Phi) is 3.37. The molecule has 0 aliphatic carbocycles. The Morgan fingerprint density at radius 3 is 2.87 bits per heavy atom. The monoisotopic (exact) mass is 207 g/mol. The van der Waals surface area contributed by atoms with E-state index in [1.165, 1.54) is 19.4 Å². The van der Waals surface area contributed by atoms with Gasteiger partial charge in [-0.15, -0.1) is 0 Å². The van der Waals surface area contributed by atoms with Crippen LogP contribution >= 0.6 is 0 Å². The van der Waals surface area contributed by atoms with Crippen LogP contribution in [0.1, 0.15) is 25.3 Å². The minimum atomic E-state index is -0.0654. The van der Waals surface area contributed by atoms with Crippen LogP contribution < -0.4 is 0 Å².